The highest BCUT2D eigenvalue weighted by molar-refractivity contribution is 5.74. The number of carbonyl (C=O) groups excluding carboxylic acids is 1. The van der Waals surface area contributed by atoms with Gasteiger partial charge in [0.05, 0.1) is 18.3 Å². The van der Waals surface area contributed by atoms with Gasteiger partial charge in [-0.15, -0.1) is 0 Å². The van der Waals surface area contributed by atoms with E-state index in [2.05, 4.69) is 15.3 Å². The molecule has 7 nitrogen and oxygen atoms in total. The van der Waals surface area contributed by atoms with Gasteiger partial charge in [-0.1, -0.05) is 0 Å². The summed E-state index contributed by atoms with van der Waals surface area (Å²) in [6.45, 7) is 3.15. The van der Waals surface area contributed by atoms with Crippen molar-refractivity contribution in [3.8, 4) is 0 Å². The van der Waals surface area contributed by atoms with Crippen molar-refractivity contribution in [3.63, 3.8) is 0 Å². The highest BCUT2D eigenvalue weighted by atomic mass is 16.5. The Bertz CT molecular complexity index is 560. The number of amides is 2. The Labute approximate surface area is 150 Å². The first-order chi connectivity index (χ1) is 12.0. The summed E-state index contributed by atoms with van der Waals surface area (Å²) in [5, 5.41) is 7.34. The Kier molecular flexibility index (Phi) is 5.96. The summed E-state index contributed by atoms with van der Waals surface area (Å²) in [5.41, 5.74) is 1.12. The van der Waals surface area contributed by atoms with E-state index in [1.54, 1.807) is 4.68 Å². The number of hydrogen-bond donors (Lipinski definition) is 1. The molecule has 2 aliphatic heterocycles. The van der Waals surface area contributed by atoms with Crippen LogP contribution in [0.4, 0.5) is 4.79 Å². The maximum Gasteiger partial charge on any atom is 0.317 e. The molecular formula is C18H31N5O2. The number of aryl methyl sites for hydroxylation is 1. The van der Waals surface area contributed by atoms with Gasteiger partial charge in [0.2, 0.25) is 0 Å². The molecule has 1 N–H and O–H groups in total. The lowest BCUT2D eigenvalue weighted by Gasteiger charge is -2.35. The van der Waals surface area contributed by atoms with Gasteiger partial charge in [-0.2, -0.15) is 5.10 Å². The molecule has 1 aromatic rings. The normalized spacial score (nSPS) is 23.2. The van der Waals surface area contributed by atoms with Gasteiger partial charge in [0, 0.05) is 45.0 Å². The molecular weight excluding hydrogens is 318 g/mol. The van der Waals surface area contributed by atoms with E-state index in [4.69, 9.17) is 4.74 Å². The summed E-state index contributed by atoms with van der Waals surface area (Å²) < 4.78 is 7.61. The van der Waals surface area contributed by atoms with E-state index in [-0.39, 0.29) is 12.1 Å². The number of nitrogens with one attached hydrogen (secondary N) is 1. The fraction of sp³-hybridized carbons (Fsp3) is 0.778. The lowest BCUT2D eigenvalue weighted by atomic mass is 9.90. The molecule has 25 heavy (non-hydrogen) atoms. The van der Waals surface area contributed by atoms with Crippen LogP contribution in [0.1, 0.15) is 37.3 Å². The molecule has 0 saturated carbocycles. The summed E-state index contributed by atoms with van der Waals surface area (Å²) in [7, 11) is 5.96. The van der Waals surface area contributed by atoms with E-state index in [1.807, 2.05) is 38.4 Å². The molecule has 0 aromatic carbocycles. The van der Waals surface area contributed by atoms with Crippen LogP contribution in [0.25, 0.3) is 0 Å². The predicted molar refractivity (Wildman–Crippen MR) is 96.3 cm³/mol. The minimum absolute atomic E-state index is 0.0431. The van der Waals surface area contributed by atoms with Crippen LogP contribution < -0.4 is 5.32 Å². The molecule has 0 bridgehead atoms. The average molecular weight is 349 g/mol. The lowest BCUT2D eigenvalue weighted by Crippen LogP contribution is -2.47. The third kappa shape index (κ3) is 4.52. The largest absolute Gasteiger partial charge is 0.378 e. The number of nitrogens with zero attached hydrogens (tertiary/aromatic N) is 4. The van der Waals surface area contributed by atoms with E-state index >= 15 is 0 Å². The summed E-state index contributed by atoms with van der Waals surface area (Å²) in [6.07, 6.45) is 8.77. The number of ether oxygens (including phenoxy) is 1. The molecule has 0 unspecified atom stereocenters. The number of aromatic nitrogens is 2. The summed E-state index contributed by atoms with van der Waals surface area (Å²) >= 11 is 0. The minimum atomic E-state index is 0.0431. The van der Waals surface area contributed by atoms with Gasteiger partial charge >= 0.3 is 6.03 Å². The minimum Gasteiger partial charge on any atom is -0.378 e. The van der Waals surface area contributed by atoms with Crippen molar-refractivity contribution in [2.24, 2.45) is 13.0 Å². The van der Waals surface area contributed by atoms with E-state index in [9.17, 15) is 4.79 Å². The Morgan fingerprint density at radius 1 is 1.40 bits per heavy atom. The third-order valence-electron chi connectivity index (χ3n) is 5.50. The van der Waals surface area contributed by atoms with Crippen LogP contribution in [0.5, 0.6) is 0 Å². The maximum atomic E-state index is 12.5. The zero-order valence-corrected chi connectivity index (χ0v) is 15.6. The Morgan fingerprint density at radius 3 is 2.72 bits per heavy atom. The van der Waals surface area contributed by atoms with Crippen molar-refractivity contribution in [3.05, 3.63) is 18.0 Å². The number of piperidine rings is 1. The van der Waals surface area contributed by atoms with Gasteiger partial charge < -0.3 is 19.9 Å². The molecule has 2 aliphatic rings. The molecule has 140 valence electrons. The number of likely N-dealkylation sites (N-methyl/N-ethyl adjacent to an activating group) is 1. The van der Waals surface area contributed by atoms with E-state index in [1.165, 1.54) is 12.8 Å². The fourth-order valence-corrected chi connectivity index (χ4v) is 3.96. The zero-order valence-electron chi connectivity index (χ0n) is 15.6. The molecule has 1 aromatic heterocycles. The fourth-order valence-electron chi connectivity index (χ4n) is 3.96. The third-order valence-corrected chi connectivity index (χ3v) is 5.50. The molecule has 0 spiro atoms. The monoisotopic (exact) mass is 349 g/mol. The second kappa shape index (κ2) is 8.19. The molecule has 0 aliphatic carbocycles. The van der Waals surface area contributed by atoms with Crippen molar-refractivity contribution in [1.82, 2.24) is 24.9 Å². The van der Waals surface area contributed by atoms with Crippen molar-refractivity contribution < 1.29 is 9.53 Å². The van der Waals surface area contributed by atoms with Crippen molar-refractivity contribution >= 4 is 6.03 Å². The van der Waals surface area contributed by atoms with E-state index < -0.39 is 0 Å². The summed E-state index contributed by atoms with van der Waals surface area (Å²) in [4.78, 5) is 16.6. The second-order valence-electron chi connectivity index (χ2n) is 7.49. The Hall–Kier alpha value is -1.60. The standard InChI is InChI=1S/C18H31N5O2/c1-21(2)16(15-11-20-22(3)13-15)12-19-18(24)23-8-6-14(7-9-23)17-5-4-10-25-17/h11,13-14,16-17H,4-10,12H2,1-3H3,(H,19,24)/t16-,17-/m1/s1. The first kappa shape index (κ1) is 18.2. The van der Waals surface area contributed by atoms with Gasteiger partial charge in [0.25, 0.3) is 0 Å². The summed E-state index contributed by atoms with van der Waals surface area (Å²) in [6, 6.07) is 0.170. The summed E-state index contributed by atoms with van der Waals surface area (Å²) in [5.74, 6) is 0.622. The molecule has 2 saturated heterocycles. The molecule has 7 heteroatoms. The SMILES string of the molecule is CN(C)[C@H](CNC(=O)N1CCC([C@H]2CCCO2)CC1)c1cnn(C)c1. The first-order valence-electron chi connectivity index (χ1n) is 9.34. The van der Waals surface area contributed by atoms with Crippen molar-refractivity contribution in [2.45, 2.75) is 37.8 Å². The number of rotatable bonds is 5. The van der Waals surface area contributed by atoms with Crippen LogP contribution in [0.3, 0.4) is 0 Å². The van der Waals surface area contributed by atoms with E-state index in [0.717, 1.165) is 38.1 Å². The van der Waals surface area contributed by atoms with Gasteiger partial charge in [0.15, 0.2) is 0 Å². The van der Waals surface area contributed by atoms with Crippen LogP contribution in [-0.2, 0) is 11.8 Å². The maximum absolute atomic E-state index is 12.5. The predicted octanol–water partition coefficient (Wildman–Crippen LogP) is 1.62. The van der Waals surface area contributed by atoms with Crippen LogP contribution in [0.15, 0.2) is 12.4 Å². The molecule has 3 rings (SSSR count). The lowest BCUT2D eigenvalue weighted by molar-refractivity contribution is 0.0371. The van der Waals surface area contributed by atoms with Gasteiger partial charge in [-0.25, -0.2) is 4.79 Å². The van der Waals surface area contributed by atoms with Gasteiger partial charge in [-0.3, -0.25) is 4.68 Å². The molecule has 2 fully saturated rings. The molecule has 2 amide bonds. The van der Waals surface area contributed by atoms with Crippen molar-refractivity contribution in [2.75, 3.05) is 40.3 Å². The quantitative estimate of drug-likeness (QED) is 0.877. The van der Waals surface area contributed by atoms with E-state index in [0.29, 0.717) is 18.6 Å². The van der Waals surface area contributed by atoms with Crippen molar-refractivity contribution in [1.29, 1.82) is 0 Å². The Morgan fingerprint density at radius 2 is 2.16 bits per heavy atom. The molecule has 3 heterocycles. The van der Waals surface area contributed by atoms with Crippen LogP contribution in [-0.4, -0.2) is 72.1 Å². The van der Waals surface area contributed by atoms with Gasteiger partial charge in [-0.05, 0) is 45.7 Å². The second-order valence-corrected chi connectivity index (χ2v) is 7.49. The van der Waals surface area contributed by atoms with Crippen LogP contribution >= 0.6 is 0 Å². The van der Waals surface area contributed by atoms with Crippen LogP contribution in [0.2, 0.25) is 0 Å². The smallest absolute Gasteiger partial charge is 0.317 e. The Balaban J connectivity index is 1.47. The highest BCUT2D eigenvalue weighted by Gasteiger charge is 2.31. The van der Waals surface area contributed by atoms with Gasteiger partial charge in [0.1, 0.15) is 0 Å². The number of carbonyl (C=O) groups is 1. The molecule has 0 radical (unpaired) electrons. The first-order valence-corrected chi connectivity index (χ1v) is 9.34. The molecule has 2 atom stereocenters. The average Bonchev–Trinajstić information content (AvgIpc) is 3.27. The highest BCUT2D eigenvalue weighted by Crippen LogP contribution is 2.28. The number of hydrogen-bond acceptors (Lipinski definition) is 4. The zero-order chi connectivity index (χ0) is 17.8. The van der Waals surface area contributed by atoms with Crippen LogP contribution in [0, 0.1) is 5.92 Å². The topological polar surface area (TPSA) is 62.6 Å². The number of urea groups is 1. The number of likely N-dealkylation sites (tertiary alicyclic amines) is 1.